The van der Waals surface area contributed by atoms with E-state index in [4.69, 9.17) is 4.52 Å². The van der Waals surface area contributed by atoms with Gasteiger partial charge in [0.25, 0.3) is 0 Å². The standard InChI is InChI=1S/C22H32N4O3S/c1-4-6-18(26(2)3)16-10-8-15(9-11-16)13-17(27)14-23-21(28)22-24-20(25-29-22)19-7-5-12-30-19/h5,7,12,15-16,18H,4,6,8-11,13-14H2,1-3H3,(H,23,28). The fourth-order valence-corrected chi connectivity index (χ4v) is 5.11. The third-order valence-corrected chi connectivity index (χ3v) is 6.87. The molecule has 2 aromatic heterocycles. The fraction of sp³-hybridized carbons (Fsp3) is 0.636. The van der Waals surface area contributed by atoms with E-state index in [0.717, 1.165) is 23.6 Å². The summed E-state index contributed by atoms with van der Waals surface area (Å²) < 4.78 is 5.02. The van der Waals surface area contributed by atoms with Crippen molar-refractivity contribution in [3.05, 3.63) is 23.4 Å². The maximum absolute atomic E-state index is 12.4. The van der Waals surface area contributed by atoms with E-state index < -0.39 is 5.91 Å². The van der Waals surface area contributed by atoms with Crippen molar-refractivity contribution in [3.8, 4) is 10.7 Å². The minimum atomic E-state index is -0.504. The summed E-state index contributed by atoms with van der Waals surface area (Å²) in [5.41, 5.74) is 0. The molecule has 0 aromatic carbocycles. The summed E-state index contributed by atoms with van der Waals surface area (Å²) in [6, 6.07) is 4.38. The summed E-state index contributed by atoms with van der Waals surface area (Å²) in [4.78, 5) is 31.9. The van der Waals surface area contributed by atoms with E-state index >= 15 is 0 Å². The van der Waals surface area contributed by atoms with Gasteiger partial charge in [-0.1, -0.05) is 24.6 Å². The molecule has 3 rings (SSSR count). The molecule has 0 aliphatic heterocycles. The number of thiophene rings is 1. The zero-order valence-electron chi connectivity index (χ0n) is 18.1. The second-order valence-corrected chi connectivity index (χ2v) is 9.37. The summed E-state index contributed by atoms with van der Waals surface area (Å²) >= 11 is 1.47. The smallest absolute Gasteiger partial charge is 0.316 e. The lowest BCUT2D eigenvalue weighted by molar-refractivity contribution is -0.119. The van der Waals surface area contributed by atoms with Crippen LogP contribution in [-0.4, -0.2) is 53.4 Å². The Morgan fingerprint density at radius 1 is 1.30 bits per heavy atom. The molecule has 1 unspecified atom stereocenters. The highest BCUT2D eigenvalue weighted by atomic mass is 32.1. The third-order valence-electron chi connectivity index (χ3n) is 6.01. The van der Waals surface area contributed by atoms with Crippen LogP contribution in [0.1, 0.15) is 62.6 Å². The van der Waals surface area contributed by atoms with Crippen molar-refractivity contribution in [1.82, 2.24) is 20.4 Å². The summed E-state index contributed by atoms with van der Waals surface area (Å²) in [5, 5.41) is 8.34. The van der Waals surface area contributed by atoms with Crippen LogP contribution in [0.15, 0.2) is 22.0 Å². The van der Waals surface area contributed by atoms with Crippen LogP contribution in [0.5, 0.6) is 0 Å². The Hall–Kier alpha value is -2.06. The van der Waals surface area contributed by atoms with Crippen molar-refractivity contribution >= 4 is 23.0 Å². The minimum Gasteiger partial charge on any atom is -0.341 e. The maximum atomic E-state index is 12.4. The Labute approximate surface area is 182 Å². The van der Waals surface area contributed by atoms with Crippen LogP contribution in [0, 0.1) is 11.8 Å². The molecule has 0 spiro atoms. The van der Waals surface area contributed by atoms with Gasteiger partial charge in [-0.3, -0.25) is 9.59 Å². The molecule has 2 aromatic rings. The normalized spacial score (nSPS) is 20.3. The molecule has 7 nitrogen and oxygen atoms in total. The Bertz CT molecular complexity index is 810. The molecule has 0 saturated heterocycles. The quantitative estimate of drug-likeness (QED) is 0.610. The predicted octanol–water partition coefficient (Wildman–Crippen LogP) is 4.02. The van der Waals surface area contributed by atoms with Gasteiger partial charge in [0.1, 0.15) is 0 Å². The van der Waals surface area contributed by atoms with Crippen LogP contribution in [-0.2, 0) is 4.79 Å². The van der Waals surface area contributed by atoms with Gasteiger partial charge in [0.15, 0.2) is 5.78 Å². The van der Waals surface area contributed by atoms with E-state index in [1.165, 1.54) is 37.0 Å². The largest absolute Gasteiger partial charge is 0.341 e. The number of hydrogen-bond donors (Lipinski definition) is 1. The second-order valence-electron chi connectivity index (χ2n) is 8.43. The van der Waals surface area contributed by atoms with E-state index in [1.807, 2.05) is 17.5 Å². The molecule has 1 aliphatic rings. The second kappa shape index (κ2) is 10.8. The first-order chi connectivity index (χ1) is 14.5. The van der Waals surface area contributed by atoms with Gasteiger partial charge >= 0.3 is 11.8 Å². The molecule has 1 N–H and O–H groups in total. The average molecular weight is 433 g/mol. The van der Waals surface area contributed by atoms with E-state index in [2.05, 4.69) is 41.4 Å². The molecule has 1 saturated carbocycles. The Kier molecular flexibility index (Phi) is 8.16. The first-order valence-electron chi connectivity index (χ1n) is 10.8. The first kappa shape index (κ1) is 22.6. The fourth-order valence-electron chi connectivity index (χ4n) is 4.46. The van der Waals surface area contributed by atoms with Crippen molar-refractivity contribution in [1.29, 1.82) is 0 Å². The highest BCUT2D eigenvalue weighted by molar-refractivity contribution is 7.13. The number of hydrogen-bond acceptors (Lipinski definition) is 7. The summed E-state index contributed by atoms with van der Waals surface area (Å²) in [7, 11) is 4.34. The lowest BCUT2D eigenvalue weighted by atomic mass is 9.75. The average Bonchev–Trinajstić information content (AvgIpc) is 3.42. The van der Waals surface area contributed by atoms with Gasteiger partial charge in [-0.05, 0) is 69.5 Å². The van der Waals surface area contributed by atoms with Gasteiger partial charge in [-0.2, -0.15) is 4.98 Å². The number of ketones is 1. The molecule has 1 fully saturated rings. The Balaban J connectivity index is 1.40. The molecule has 8 heteroatoms. The number of nitrogens with one attached hydrogen (secondary N) is 1. The molecular formula is C22H32N4O3S. The number of nitrogens with zero attached hydrogens (tertiary/aromatic N) is 3. The predicted molar refractivity (Wildman–Crippen MR) is 117 cm³/mol. The van der Waals surface area contributed by atoms with Crippen LogP contribution in [0.2, 0.25) is 0 Å². The lowest BCUT2D eigenvalue weighted by Crippen LogP contribution is -2.37. The number of carbonyl (C=O) groups is 2. The topological polar surface area (TPSA) is 88.3 Å². The molecule has 1 atom stereocenters. The molecular weight excluding hydrogens is 400 g/mol. The number of rotatable bonds is 10. The van der Waals surface area contributed by atoms with Gasteiger partial charge in [0, 0.05) is 12.5 Å². The van der Waals surface area contributed by atoms with Gasteiger partial charge in [0.2, 0.25) is 5.82 Å². The summed E-state index contributed by atoms with van der Waals surface area (Å²) in [6.45, 7) is 2.25. The number of Topliss-reactive ketones (excluding diaryl/α,β-unsaturated/α-hetero) is 1. The van der Waals surface area contributed by atoms with E-state index in [9.17, 15) is 9.59 Å². The summed E-state index contributed by atoms with van der Waals surface area (Å²) in [5.74, 6) is 0.970. The van der Waals surface area contributed by atoms with Crippen molar-refractivity contribution in [3.63, 3.8) is 0 Å². The molecule has 1 aliphatic carbocycles. The Morgan fingerprint density at radius 3 is 2.70 bits per heavy atom. The van der Waals surface area contributed by atoms with Crippen molar-refractivity contribution in [2.75, 3.05) is 20.6 Å². The molecule has 1 amide bonds. The van der Waals surface area contributed by atoms with Gasteiger partial charge in [-0.25, -0.2) is 0 Å². The van der Waals surface area contributed by atoms with Crippen molar-refractivity contribution < 1.29 is 14.1 Å². The Morgan fingerprint density at radius 2 is 2.07 bits per heavy atom. The van der Waals surface area contributed by atoms with Gasteiger partial charge < -0.3 is 14.7 Å². The summed E-state index contributed by atoms with van der Waals surface area (Å²) in [6.07, 6.45) is 7.50. The van der Waals surface area contributed by atoms with Crippen LogP contribution in [0.25, 0.3) is 10.7 Å². The third kappa shape index (κ3) is 5.98. The maximum Gasteiger partial charge on any atom is 0.316 e. The monoisotopic (exact) mass is 432 g/mol. The van der Waals surface area contributed by atoms with E-state index in [1.54, 1.807) is 0 Å². The zero-order valence-corrected chi connectivity index (χ0v) is 18.9. The van der Waals surface area contributed by atoms with Crippen LogP contribution in [0.4, 0.5) is 0 Å². The van der Waals surface area contributed by atoms with Crippen LogP contribution < -0.4 is 5.32 Å². The molecule has 2 heterocycles. The van der Waals surface area contributed by atoms with E-state index in [0.29, 0.717) is 24.2 Å². The number of amides is 1. The SMILES string of the molecule is CCCC(C1CCC(CC(=O)CNC(=O)c2nc(-c3cccs3)no2)CC1)N(C)C. The van der Waals surface area contributed by atoms with Crippen LogP contribution in [0.3, 0.4) is 0 Å². The van der Waals surface area contributed by atoms with E-state index in [-0.39, 0.29) is 18.2 Å². The first-order valence-corrected chi connectivity index (χ1v) is 11.7. The zero-order chi connectivity index (χ0) is 21.5. The van der Waals surface area contributed by atoms with Gasteiger partial charge in [-0.15, -0.1) is 11.3 Å². The number of aromatic nitrogens is 2. The molecule has 164 valence electrons. The molecule has 0 bridgehead atoms. The van der Waals surface area contributed by atoms with Crippen molar-refractivity contribution in [2.45, 2.75) is 57.9 Å². The molecule has 0 radical (unpaired) electrons. The minimum absolute atomic E-state index is 0.00559. The lowest BCUT2D eigenvalue weighted by Gasteiger charge is -2.37. The van der Waals surface area contributed by atoms with Crippen molar-refractivity contribution in [2.24, 2.45) is 11.8 Å². The van der Waals surface area contributed by atoms with Gasteiger partial charge in [0.05, 0.1) is 11.4 Å². The molecule has 30 heavy (non-hydrogen) atoms. The number of carbonyl (C=O) groups excluding carboxylic acids is 2. The highest BCUT2D eigenvalue weighted by Crippen LogP contribution is 2.35. The highest BCUT2D eigenvalue weighted by Gasteiger charge is 2.29. The van der Waals surface area contributed by atoms with Crippen LogP contribution >= 0.6 is 11.3 Å².